The van der Waals surface area contributed by atoms with E-state index in [1.165, 1.54) is 0 Å². The van der Waals surface area contributed by atoms with Crippen LogP contribution in [0.3, 0.4) is 0 Å². The number of pyridine rings is 1. The van der Waals surface area contributed by atoms with Gasteiger partial charge in [0.05, 0.1) is 36.2 Å². The summed E-state index contributed by atoms with van der Waals surface area (Å²) in [6, 6.07) is 11.5. The summed E-state index contributed by atoms with van der Waals surface area (Å²) in [5.74, 6) is 0.787. The standard InChI is InChI=1S/C18H14ClN3O2/c19-13-3-4-15-14(8-13)18(12(9-20)10-21-15)22-5-7-24-17(11-22)16-2-1-6-23-16/h1-4,6,8,10,17H,5,7,11H2. The van der Waals surface area contributed by atoms with Crippen LogP contribution < -0.4 is 4.90 Å². The van der Waals surface area contributed by atoms with Gasteiger partial charge < -0.3 is 14.1 Å². The Bertz CT molecular complexity index is 918. The van der Waals surface area contributed by atoms with E-state index in [4.69, 9.17) is 20.8 Å². The maximum atomic E-state index is 9.53. The summed E-state index contributed by atoms with van der Waals surface area (Å²) in [4.78, 5) is 6.51. The molecule has 1 atom stereocenters. The van der Waals surface area contributed by atoms with Crippen LogP contribution in [-0.4, -0.2) is 24.7 Å². The van der Waals surface area contributed by atoms with Crippen LogP contribution >= 0.6 is 11.6 Å². The molecule has 120 valence electrons. The third-order valence-electron chi connectivity index (χ3n) is 4.17. The number of benzene rings is 1. The predicted octanol–water partition coefficient (Wildman–Crippen LogP) is 3.93. The molecular formula is C18H14ClN3O2. The Morgan fingerprint density at radius 2 is 2.25 bits per heavy atom. The average Bonchev–Trinajstić information content (AvgIpc) is 3.15. The fraction of sp³-hybridized carbons (Fsp3) is 0.222. The van der Waals surface area contributed by atoms with E-state index in [-0.39, 0.29) is 6.10 Å². The number of nitriles is 1. The van der Waals surface area contributed by atoms with Gasteiger partial charge in [-0.3, -0.25) is 4.98 Å². The van der Waals surface area contributed by atoms with Crippen LogP contribution in [0.15, 0.2) is 47.2 Å². The molecule has 1 unspecified atom stereocenters. The van der Waals surface area contributed by atoms with E-state index in [0.29, 0.717) is 30.3 Å². The molecular weight excluding hydrogens is 326 g/mol. The number of aromatic nitrogens is 1. The second-order valence-electron chi connectivity index (χ2n) is 5.61. The Labute approximate surface area is 144 Å². The van der Waals surface area contributed by atoms with Crippen LogP contribution in [0.1, 0.15) is 17.4 Å². The highest BCUT2D eigenvalue weighted by Crippen LogP contribution is 2.34. The Hall–Kier alpha value is -2.55. The van der Waals surface area contributed by atoms with Crippen LogP contribution in [0.4, 0.5) is 5.69 Å². The summed E-state index contributed by atoms with van der Waals surface area (Å²) >= 11 is 6.17. The summed E-state index contributed by atoms with van der Waals surface area (Å²) in [6.45, 7) is 1.85. The second-order valence-corrected chi connectivity index (χ2v) is 6.05. The number of nitrogens with zero attached hydrogens (tertiary/aromatic N) is 3. The average molecular weight is 340 g/mol. The van der Waals surface area contributed by atoms with E-state index in [9.17, 15) is 5.26 Å². The van der Waals surface area contributed by atoms with Gasteiger partial charge in [0.1, 0.15) is 17.9 Å². The zero-order chi connectivity index (χ0) is 16.5. The number of furan rings is 1. The highest BCUT2D eigenvalue weighted by atomic mass is 35.5. The lowest BCUT2D eigenvalue weighted by atomic mass is 10.1. The van der Waals surface area contributed by atoms with Crippen molar-refractivity contribution in [3.8, 4) is 6.07 Å². The number of morpholine rings is 1. The summed E-state index contributed by atoms with van der Waals surface area (Å²) in [7, 11) is 0. The lowest BCUT2D eigenvalue weighted by molar-refractivity contribution is 0.0258. The maximum absolute atomic E-state index is 9.53. The monoisotopic (exact) mass is 339 g/mol. The normalized spacial score (nSPS) is 17.8. The fourth-order valence-electron chi connectivity index (χ4n) is 3.07. The Balaban J connectivity index is 1.80. The van der Waals surface area contributed by atoms with Gasteiger partial charge in [-0.2, -0.15) is 5.26 Å². The van der Waals surface area contributed by atoms with Crippen LogP contribution in [0, 0.1) is 11.3 Å². The predicted molar refractivity (Wildman–Crippen MR) is 91.1 cm³/mol. The van der Waals surface area contributed by atoms with Crippen molar-refractivity contribution in [3.63, 3.8) is 0 Å². The molecule has 1 fully saturated rings. The number of anilines is 1. The number of ether oxygens (including phenoxy) is 1. The Morgan fingerprint density at radius 3 is 3.04 bits per heavy atom. The van der Waals surface area contributed by atoms with Gasteiger partial charge in [0.25, 0.3) is 0 Å². The fourth-order valence-corrected chi connectivity index (χ4v) is 3.24. The second kappa shape index (κ2) is 6.16. The molecule has 24 heavy (non-hydrogen) atoms. The van der Waals surface area contributed by atoms with Gasteiger partial charge in [-0.15, -0.1) is 0 Å². The molecule has 1 saturated heterocycles. The van der Waals surface area contributed by atoms with Crippen molar-refractivity contribution in [2.24, 2.45) is 0 Å². The Morgan fingerprint density at radius 1 is 1.33 bits per heavy atom. The maximum Gasteiger partial charge on any atom is 0.134 e. The molecule has 2 aromatic heterocycles. The van der Waals surface area contributed by atoms with Gasteiger partial charge >= 0.3 is 0 Å². The van der Waals surface area contributed by atoms with Crippen LogP contribution in [0.2, 0.25) is 5.02 Å². The third kappa shape index (κ3) is 2.60. The lowest BCUT2D eigenvalue weighted by Gasteiger charge is -2.34. The number of hydrogen-bond donors (Lipinski definition) is 0. The van der Waals surface area contributed by atoms with E-state index < -0.39 is 0 Å². The molecule has 0 radical (unpaired) electrons. The van der Waals surface area contributed by atoms with Crippen molar-refractivity contribution >= 4 is 28.2 Å². The first-order chi connectivity index (χ1) is 11.8. The van der Waals surface area contributed by atoms with Crippen LogP contribution in [0.25, 0.3) is 10.9 Å². The van der Waals surface area contributed by atoms with Crippen molar-refractivity contribution in [2.45, 2.75) is 6.10 Å². The SMILES string of the molecule is N#Cc1cnc2ccc(Cl)cc2c1N1CCOC(c2ccco2)C1. The molecule has 4 rings (SSSR count). The molecule has 0 bridgehead atoms. The molecule has 3 aromatic rings. The number of rotatable bonds is 2. The van der Waals surface area contributed by atoms with Gasteiger partial charge in [0, 0.05) is 23.2 Å². The molecule has 1 aliphatic rings. The molecule has 0 spiro atoms. The molecule has 1 aliphatic heterocycles. The minimum Gasteiger partial charge on any atom is -0.467 e. The first-order valence-electron chi connectivity index (χ1n) is 7.64. The van der Waals surface area contributed by atoms with E-state index in [1.54, 1.807) is 18.5 Å². The van der Waals surface area contributed by atoms with E-state index in [0.717, 1.165) is 22.4 Å². The Kier molecular flexibility index (Phi) is 3.85. The summed E-state index contributed by atoms with van der Waals surface area (Å²) < 4.78 is 11.3. The quantitative estimate of drug-likeness (QED) is 0.708. The molecule has 0 aliphatic carbocycles. The van der Waals surface area contributed by atoms with Crippen molar-refractivity contribution in [2.75, 3.05) is 24.6 Å². The molecule has 5 nitrogen and oxygen atoms in total. The molecule has 0 amide bonds. The highest BCUT2D eigenvalue weighted by Gasteiger charge is 2.27. The topological polar surface area (TPSA) is 62.3 Å². The van der Waals surface area contributed by atoms with Gasteiger partial charge in [-0.05, 0) is 30.3 Å². The molecule has 6 heteroatoms. The first-order valence-corrected chi connectivity index (χ1v) is 8.02. The first kappa shape index (κ1) is 15.0. The molecule has 0 saturated carbocycles. The highest BCUT2D eigenvalue weighted by molar-refractivity contribution is 6.31. The lowest BCUT2D eigenvalue weighted by Crippen LogP contribution is -2.38. The number of fused-ring (bicyclic) bond motifs is 1. The van der Waals surface area contributed by atoms with Gasteiger partial charge in [-0.25, -0.2) is 0 Å². The van der Waals surface area contributed by atoms with Crippen LogP contribution in [-0.2, 0) is 4.74 Å². The largest absolute Gasteiger partial charge is 0.467 e. The smallest absolute Gasteiger partial charge is 0.134 e. The molecule has 0 N–H and O–H groups in total. The van der Waals surface area contributed by atoms with E-state index >= 15 is 0 Å². The minimum atomic E-state index is -0.164. The van der Waals surface area contributed by atoms with Gasteiger partial charge in [-0.1, -0.05) is 11.6 Å². The van der Waals surface area contributed by atoms with Crippen molar-refractivity contribution in [3.05, 3.63) is 59.1 Å². The number of hydrogen-bond acceptors (Lipinski definition) is 5. The zero-order valence-electron chi connectivity index (χ0n) is 12.8. The molecule has 3 heterocycles. The summed E-state index contributed by atoms with van der Waals surface area (Å²) in [6.07, 6.45) is 3.09. The van der Waals surface area contributed by atoms with Crippen molar-refractivity contribution in [1.82, 2.24) is 4.98 Å². The van der Waals surface area contributed by atoms with Crippen molar-refractivity contribution in [1.29, 1.82) is 5.26 Å². The zero-order valence-corrected chi connectivity index (χ0v) is 13.5. The third-order valence-corrected chi connectivity index (χ3v) is 4.40. The summed E-state index contributed by atoms with van der Waals surface area (Å²) in [5, 5.41) is 11.0. The van der Waals surface area contributed by atoms with Gasteiger partial charge in [0.2, 0.25) is 0 Å². The molecule has 1 aromatic carbocycles. The summed E-state index contributed by atoms with van der Waals surface area (Å²) in [5.41, 5.74) is 2.20. The van der Waals surface area contributed by atoms with Crippen molar-refractivity contribution < 1.29 is 9.15 Å². The van der Waals surface area contributed by atoms with E-state index in [1.807, 2.05) is 24.3 Å². The number of halogens is 1. The minimum absolute atomic E-state index is 0.164. The van der Waals surface area contributed by atoms with Gasteiger partial charge in [0.15, 0.2) is 0 Å². The van der Waals surface area contributed by atoms with E-state index in [2.05, 4.69) is 16.0 Å². The van der Waals surface area contributed by atoms with Crippen LogP contribution in [0.5, 0.6) is 0 Å².